The topological polar surface area (TPSA) is 26.3 Å². The van der Waals surface area contributed by atoms with E-state index in [2.05, 4.69) is 0 Å². The molecule has 1 fully saturated rings. The fourth-order valence-electron chi connectivity index (χ4n) is 2.30. The molecular formula is C13H24O2. The van der Waals surface area contributed by atoms with Gasteiger partial charge in [0.25, 0.3) is 0 Å². The normalized spacial score (nSPS) is 17.7. The molecule has 0 bridgehead atoms. The molecule has 1 saturated carbocycles. The number of unbranched alkanes of at least 4 members (excludes halogenated alkanes) is 1. The second kappa shape index (κ2) is 7.72. The molecule has 0 aromatic heterocycles. The van der Waals surface area contributed by atoms with Crippen molar-refractivity contribution in [2.45, 2.75) is 64.7 Å². The second-order valence-corrected chi connectivity index (χ2v) is 4.57. The van der Waals surface area contributed by atoms with Gasteiger partial charge in [-0.25, -0.2) is 0 Å². The van der Waals surface area contributed by atoms with Gasteiger partial charge >= 0.3 is 5.97 Å². The summed E-state index contributed by atoms with van der Waals surface area (Å²) in [4.78, 5) is 10.9. The van der Waals surface area contributed by atoms with Gasteiger partial charge in [0.05, 0.1) is 6.61 Å². The van der Waals surface area contributed by atoms with Crippen LogP contribution in [0.25, 0.3) is 0 Å². The average Bonchev–Trinajstić information content (AvgIpc) is 2.29. The molecule has 2 heteroatoms. The largest absolute Gasteiger partial charge is 0.466 e. The minimum Gasteiger partial charge on any atom is -0.466 e. The Balaban J connectivity index is 1.89. The van der Waals surface area contributed by atoms with Crippen LogP contribution in [-0.2, 0) is 9.53 Å². The Labute approximate surface area is 93.4 Å². The second-order valence-electron chi connectivity index (χ2n) is 4.57. The first-order valence-electron chi connectivity index (χ1n) is 6.48. The van der Waals surface area contributed by atoms with Crippen LogP contribution in [0.4, 0.5) is 0 Å². The lowest BCUT2D eigenvalue weighted by Gasteiger charge is -2.21. The van der Waals surface area contributed by atoms with Gasteiger partial charge in [0.2, 0.25) is 0 Å². The van der Waals surface area contributed by atoms with Gasteiger partial charge < -0.3 is 4.74 Å². The molecule has 1 aliphatic carbocycles. The molecule has 0 N–H and O–H groups in total. The number of carbonyl (C=O) groups is 1. The predicted molar refractivity (Wildman–Crippen MR) is 61.7 cm³/mol. The van der Waals surface area contributed by atoms with Crippen molar-refractivity contribution in [2.24, 2.45) is 5.92 Å². The van der Waals surface area contributed by atoms with Gasteiger partial charge in [-0.2, -0.15) is 0 Å². The summed E-state index contributed by atoms with van der Waals surface area (Å²) in [6.07, 6.45) is 11.2. The van der Waals surface area contributed by atoms with E-state index < -0.39 is 0 Å². The third kappa shape index (κ3) is 5.81. The zero-order chi connectivity index (χ0) is 10.9. The Morgan fingerprint density at radius 3 is 2.60 bits per heavy atom. The highest BCUT2D eigenvalue weighted by Crippen LogP contribution is 2.27. The Morgan fingerprint density at radius 2 is 1.93 bits per heavy atom. The van der Waals surface area contributed by atoms with E-state index in [1.807, 2.05) is 6.92 Å². The maximum absolute atomic E-state index is 10.9. The highest BCUT2D eigenvalue weighted by Gasteiger charge is 2.12. The summed E-state index contributed by atoms with van der Waals surface area (Å²) in [5.74, 6) is 0.897. The third-order valence-corrected chi connectivity index (χ3v) is 3.28. The van der Waals surface area contributed by atoms with Crippen LogP contribution in [0.2, 0.25) is 0 Å². The smallest absolute Gasteiger partial charge is 0.305 e. The van der Waals surface area contributed by atoms with Crippen LogP contribution < -0.4 is 0 Å². The van der Waals surface area contributed by atoms with Crippen molar-refractivity contribution in [1.82, 2.24) is 0 Å². The van der Waals surface area contributed by atoms with Gasteiger partial charge in [-0.15, -0.1) is 0 Å². The molecule has 0 spiro atoms. The summed E-state index contributed by atoms with van der Waals surface area (Å²) in [6.45, 7) is 2.46. The number of carbonyl (C=O) groups excluding carboxylic acids is 1. The van der Waals surface area contributed by atoms with Crippen LogP contribution in [-0.4, -0.2) is 12.6 Å². The van der Waals surface area contributed by atoms with Crippen LogP contribution in [0.3, 0.4) is 0 Å². The van der Waals surface area contributed by atoms with Gasteiger partial charge in [-0.1, -0.05) is 45.4 Å². The summed E-state index contributed by atoms with van der Waals surface area (Å²) < 4.78 is 5.04. The first kappa shape index (κ1) is 12.5. The lowest BCUT2D eigenvalue weighted by molar-refractivity contribution is -0.143. The fraction of sp³-hybridized carbons (Fsp3) is 0.923. The van der Waals surface area contributed by atoms with E-state index in [0.717, 1.165) is 12.3 Å². The fourth-order valence-corrected chi connectivity index (χ4v) is 2.30. The molecule has 0 heterocycles. The first-order valence-corrected chi connectivity index (χ1v) is 6.48. The molecule has 0 amide bonds. The van der Waals surface area contributed by atoms with Crippen molar-refractivity contribution in [3.8, 4) is 0 Å². The maximum Gasteiger partial charge on any atom is 0.305 e. The first-order chi connectivity index (χ1) is 7.33. The zero-order valence-corrected chi connectivity index (χ0v) is 9.96. The molecule has 0 radical (unpaired) electrons. The monoisotopic (exact) mass is 212 g/mol. The van der Waals surface area contributed by atoms with Crippen molar-refractivity contribution in [1.29, 1.82) is 0 Å². The van der Waals surface area contributed by atoms with Gasteiger partial charge in [-0.05, 0) is 18.8 Å². The number of hydrogen-bond donors (Lipinski definition) is 0. The molecule has 0 saturated heterocycles. The Hall–Kier alpha value is -0.530. The summed E-state index contributed by atoms with van der Waals surface area (Å²) in [7, 11) is 0. The van der Waals surface area contributed by atoms with E-state index in [1.54, 1.807) is 0 Å². The van der Waals surface area contributed by atoms with Crippen LogP contribution in [0.1, 0.15) is 64.7 Å². The van der Waals surface area contributed by atoms with E-state index in [1.165, 1.54) is 44.9 Å². The van der Waals surface area contributed by atoms with E-state index in [9.17, 15) is 4.79 Å². The molecule has 1 aliphatic rings. The van der Waals surface area contributed by atoms with Crippen molar-refractivity contribution in [2.75, 3.05) is 6.61 Å². The number of ether oxygens (including phenoxy) is 1. The van der Waals surface area contributed by atoms with E-state index in [-0.39, 0.29) is 5.97 Å². The summed E-state index contributed by atoms with van der Waals surface area (Å²) >= 11 is 0. The zero-order valence-electron chi connectivity index (χ0n) is 9.96. The molecule has 0 aliphatic heterocycles. The van der Waals surface area contributed by atoms with Crippen LogP contribution in [0.5, 0.6) is 0 Å². The Morgan fingerprint density at radius 1 is 1.20 bits per heavy atom. The Kier molecular flexibility index (Phi) is 6.45. The SMILES string of the molecule is CCC(=O)OCCCCC1CCCCC1. The highest BCUT2D eigenvalue weighted by atomic mass is 16.5. The summed E-state index contributed by atoms with van der Waals surface area (Å²) in [6, 6.07) is 0. The molecule has 0 unspecified atom stereocenters. The van der Waals surface area contributed by atoms with Crippen LogP contribution in [0.15, 0.2) is 0 Å². The molecule has 0 aromatic carbocycles. The lowest BCUT2D eigenvalue weighted by atomic mass is 9.86. The van der Waals surface area contributed by atoms with Gasteiger partial charge in [-0.3, -0.25) is 4.79 Å². The van der Waals surface area contributed by atoms with Crippen molar-refractivity contribution < 1.29 is 9.53 Å². The van der Waals surface area contributed by atoms with Gasteiger partial charge in [0, 0.05) is 6.42 Å². The van der Waals surface area contributed by atoms with Crippen LogP contribution >= 0.6 is 0 Å². The summed E-state index contributed by atoms with van der Waals surface area (Å²) in [5.41, 5.74) is 0. The van der Waals surface area contributed by atoms with Crippen molar-refractivity contribution >= 4 is 5.97 Å². The van der Waals surface area contributed by atoms with Crippen molar-refractivity contribution in [3.63, 3.8) is 0 Å². The quantitative estimate of drug-likeness (QED) is 0.496. The minimum absolute atomic E-state index is 0.0623. The molecule has 0 aromatic rings. The third-order valence-electron chi connectivity index (χ3n) is 3.28. The number of esters is 1. The molecule has 1 rings (SSSR count). The number of rotatable bonds is 6. The maximum atomic E-state index is 10.9. The van der Waals surface area contributed by atoms with Crippen molar-refractivity contribution in [3.05, 3.63) is 0 Å². The molecular weight excluding hydrogens is 188 g/mol. The lowest BCUT2D eigenvalue weighted by Crippen LogP contribution is -2.07. The van der Waals surface area contributed by atoms with E-state index >= 15 is 0 Å². The van der Waals surface area contributed by atoms with E-state index in [4.69, 9.17) is 4.74 Å². The van der Waals surface area contributed by atoms with Gasteiger partial charge in [0.15, 0.2) is 0 Å². The average molecular weight is 212 g/mol. The molecule has 15 heavy (non-hydrogen) atoms. The highest BCUT2D eigenvalue weighted by molar-refractivity contribution is 5.68. The van der Waals surface area contributed by atoms with Gasteiger partial charge in [0.1, 0.15) is 0 Å². The molecule has 0 atom stereocenters. The van der Waals surface area contributed by atoms with Crippen LogP contribution in [0, 0.1) is 5.92 Å². The van der Waals surface area contributed by atoms with E-state index in [0.29, 0.717) is 13.0 Å². The molecule has 2 nitrogen and oxygen atoms in total. The molecule has 88 valence electrons. The standard InChI is InChI=1S/C13H24O2/c1-2-13(14)15-11-7-6-10-12-8-4-3-5-9-12/h12H,2-11H2,1H3. The minimum atomic E-state index is -0.0623. The number of hydrogen-bond acceptors (Lipinski definition) is 2. The predicted octanol–water partition coefficient (Wildman–Crippen LogP) is 3.69. The Bertz CT molecular complexity index is 171. The summed E-state index contributed by atoms with van der Waals surface area (Å²) in [5, 5.41) is 0.